The fourth-order valence-corrected chi connectivity index (χ4v) is 3.68. The Hall–Kier alpha value is 0.617. The van der Waals surface area contributed by atoms with Crippen molar-refractivity contribution in [2.45, 2.75) is 33.2 Å². The lowest BCUT2D eigenvalue weighted by atomic mass is 10.6. The number of halogens is 1. The van der Waals surface area contributed by atoms with E-state index in [0.29, 0.717) is 5.54 Å². The Morgan fingerprint density at radius 3 is 1.73 bits per heavy atom. The van der Waals surface area contributed by atoms with Crippen molar-refractivity contribution < 1.29 is 8.85 Å². The quantitative estimate of drug-likeness (QED) is 0.544. The van der Waals surface area contributed by atoms with E-state index in [1.54, 1.807) is 0 Å². The second-order valence-corrected chi connectivity index (χ2v) is 8.82. The summed E-state index contributed by atoms with van der Waals surface area (Å²) in [6.45, 7) is 9.65. The van der Waals surface area contributed by atoms with Crippen molar-refractivity contribution in [1.29, 1.82) is 0 Å². The minimum absolute atomic E-state index is 0.447. The molecule has 0 aromatic heterocycles. The summed E-state index contributed by atoms with van der Waals surface area (Å²) in [7, 11) is -2.01. The molecule has 11 heavy (non-hydrogen) atoms. The summed E-state index contributed by atoms with van der Waals surface area (Å²) in [6.07, 6.45) is 0. The van der Waals surface area contributed by atoms with Crippen LogP contribution in [0.3, 0.4) is 0 Å². The van der Waals surface area contributed by atoms with E-state index in [9.17, 15) is 0 Å². The molecule has 0 aliphatic rings. The van der Waals surface area contributed by atoms with Crippen molar-refractivity contribution in [3.63, 3.8) is 0 Å². The van der Waals surface area contributed by atoms with E-state index in [1.165, 1.54) is 0 Å². The topological polar surface area (TPSA) is 18.5 Å². The molecule has 0 saturated carbocycles. The third-order valence-corrected chi connectivity index (χ3v) is 8.24. The van der Waals surface area contributed by atoms with Crippen molar-refractivity contribution in [3.05, 3.63) is 0 Å². The van der Waals surface area contributed by atoms with Gasteiger partial charge in [-0.3, -0.25) is 0 Å². The van der Waals surface area contributed by atoms with E-state index in [4.69, 9.17) is 8.85 Å². The fourth-order valence-electron chi connectivity index (χ4n) is 0.769. The molecular weight excluding hydrogens is 224 g/mol. The second kappa shape index (κ2) is 5.30. The first kappa shape index (κ1) is 11.6. The summed E-state index contributed by atoms with van der Waals surface area (Å²) in [5.74, 6) is 0. The first-order chi connectivity index (χ1) is 5.06. The molecule has 0 amide bonds. The zero-order valence-corrected chi connectivity index (χ0v) is 10.3. The van der Waals surface area contributed by atoms with Gasteiger partial charge in [0, 0.05) is 18.8 Å². The average molecular weight is 241 g/mol. The van der Waals surface area contributed by atoms with Crippen molar-refractivity contribution >= 4 is 22.5 Å². The highest BCUT2D eigenvalue weighted by Crippen LogP contribution is 2.29. The van der Waals surface area contributed by atoms with E-state index < -0.39 is 7.18 Å². The van der Waals surface area contributed by atoms with Crippen LogP contribution in [0.15, 0.2) is 0 Å². The fraction of sp³-hybridized carbons (Fsp3) is 1.00. The Labute approximate surface area is 78.1 Å². The van der Waals surface area contributed by atoms with Gasteiger partial charge >= 0.3 is 7.18 Å². The molecule has 0 radical (unpaired) electrons. The first-order valence-corrected chi connectivity index (χ1v) is 8.18. The number of rotatable bonds is 5. The van der Waals surface area contributed by atoms with Gasteiger partial charge in [-0.25, -0.2) is 0 Å². The highest BCUT2D eigenvalue weighted by molar-refractivity contribution is 9.25. The normalized spacial score (nSPS) is 12.5. The zero-order chi connectivity index (χ0) is 8.91. The maximum Gasteiger partial charge on any atom is 0.416 e. The molecule has 4 heteroatoms. The van der Waals surface area contributed by atoms with E-state index in [1.807, 2.05) is 13.8 Å². The maximum atomic E-state index is 5.56. The van der Waals surface area contributed by atoms with Gasteiger partial charge < -0.3 is 8.85 Å². The Kier molecular flexibility index (Phi) is 5.59. The van der Waals surface area contributed by atoms with Crippen LogP contribution in [0.5, 0.6) is 0 Å². The lowest BCUT2D eigenvalue weighted by Crippen LogP contribution is -2.38. The summed E-state index contributed by atoms with van der Waals surface area (Å²) >= 11 is 3.56. The molecule has 0 atom stereocenters. The molecule has 0 bridgehead atoms. The van der Waals surface area contributed by atoms with Crippen LogP contribution in [-0.4, -0.2) is 20.4 Å². The SMILES string of the molecule is CCO[Si](Br)(OCC)C(C)C. The van der Waals surface area contributed by atoms with E-state index in [0.717, 1.165) is 13.2 Å². The molecule has 0 heterocycles. The Morgan fingerprint density at radius 1 is 1.18 bits per heavy atom. The smallest absolute Gasteiger partial charge is 0.386 e. The Balaban J connectivity index is 4.01. The standard InChI is InChI=1S/C7H17BrO2Si/c1-5-9-11(8,7(3)4)10-6-2/h7H,5-6H2,1-4H3. The molecule has 0 rings (SSSR count). The van der Waals surface area contributed by atoms with Gasteiger partial charge in [0.05, 0.1) is 0 Å². The maximum absolute atomic E-state index is 5.56. The minimum Gasteiger partial charge on any atom is -0.386 e. The molecule has 2 nitrogen and oxygen atoms in total. The lowest BCUT2D eigenvalue weighted by molar-refractivity contribution is 0.200. The predicted molar refractivity (Wildman–Crippen MR) is 53.0 cm³/mol. The summed E-state index contributed by atoms with van der Waals surface area (Å²) < 4.78 is 11.1. The third kappa shape index (κ3) is 3.69. The highest BCUT2D eigenvalue weighted by atomic mass is 79.9. The summed E-state index contributed by atoms with van der Waals surface area (Å²) in [4.78, 5) is 0. The van der Waals surface area contributed by atoms with Gasteiger partial charge in [0.1, 0.15) is 0 Å². The van der Waals surface area contributed by atoms with Gasteiger partial charge in [-0.15, -0.1) is 0 Å². The molecular formula is C7H17BrO2Si. The van der Waals surface area contributed by atoms with Gasteiger partial charge in [-0.1, -0.05) is 29.1 Å². The summed E-state index contributed by atoms with van der Waals surface area (Å²) in [5.41, 5.74) is 0.447. The third-order valence-electron chi connectivity index (χ3n) is 1.37. The van der Waals surface area contributed by atoms with E-state index in [-0.39, 0.29) is 0 Å². The van der Waals surface area contributed by atoms with Crippen LogP contribution in [0.1, 0.15) is 27.7 Å². The molecule has 0 aliphatic heterocycles. The second-order valence-electron chi connectivity index (χ2n) is 2.60. The summed E-state index contributed by atoms with van der Waals surface area (Å²) in [6, 6.07) is 0. The largest absolute Gasteiger partial charge is 0.416 e. The molecule has 0 spiro atoms. The van der Waals surface area contributed by atoms with Crippen molar-refractivity contribution in [1.82, 2.24) is 0 Å². The van der Waals surface area contributed by atoms with Gasteiger partial charge in [0.15, 0.2) is 0 Å². The van der Waals surface area contributed by atoms with Gasteiger partial charge in [0.25, 0.3) is 0 Å². The minimum atomic E-state index is -2.01. The molecule has 0 fully saturated rings. The molecule has 68 valence electrons. The molecule has 0 aromatic carbocycles. The Morgan fingerprint density at radius 2 is 1.55 bits per heavy atom. The van der Waals surface area contributed by atoms with Crippen LogP contribution in [0, 0.1) is 0 Å². The number of hydrogen-bond donors (Lipinski definition) is 0. The molecule has 0 aliphatic carbocycles. The highest BCUT2D eigenvalue weighted by Gasteiger charge is 2.38. The molecule has 0 aromatic rings. The zero-order valence-electron chi connectivity index (χ0n) is 7.69. The molecule has 0 saturated heterocycles. The number of hydrogen-bond acceptors (Lipinski definition) is 2. The predicted octanol–water partition coefficient (Wildman–Crippen LogP) is 2.80. The van der Waals surface area contributed by atoms with Crippen molar-refractivity contribution in [3.8, 4) is 0 Å². The van der Waals surface area contributed by atoms with Crippen LogP contribution in [0.2, 0.25) is 5.54 Å². The molecule has 0 unspecified atom stereocenters. The summed E-state index contributed by atoms with van der Waals surface area (Å²) in [5, 5.41) is 0. The van der Waals surface area contributed by atoms with Gasteiger partial charge in [-0.2, -0.15) is 0 Å². The lowest BCUT2D eigenvalue weighted by Gasteiger charge is -2.26. The van der Waals surface area contributed by atoms with Gasteiger partial charge in [-0.05, 0) is 13.8 Å². The van der Waals surface area contributed by atoms with Crippen LogP contribution in [-0.2, 0) is 8.85 Å². The van der Waals surface area contributed by atoms with Crippen LogP contribution < -0.4 is 0 Å². The monoisotopic (exact) mass is 240 g/mol. The average Bonchev–Trinajstić information content (AvgIpc) is 1.88. The van der Waals surface area contributed by atoms with E-state index in [2.05, 4.69) is 29.1 Å². The van der Waals surface area contributed by atoms with Crippen LogP contribution in [0.25, 0.3) is 0 Å². The first-order valence-electron chi connectivity index (χ1n) is 4.03. The van der Waals surface area contributed by atoms with Crippen molar-refractivity contribution in [2.75, 3.05) is 13.2 Å². The van der Waals surface area contributed by atoms with Crippen LogP contribution in [0.4, 0.5) is 0 Å². The Bertz CT molecular complexity index is 103. The van der Waals surface area contributed by atoms with Crippen molar-refractivity contribution in [2.24, 2.45) is 0 Å². The van der Waals surface area contributed by atoms with Gasteiger partial charge in [0.2, 0.25) is 0 Å². The molecule has 0 N–H and O–H groups in total. The van der Waals surface area contributed by atoms with Crippen LogP contribution >= 0.6 is 15.3 Å². The van der Waals surface area contributed by atoms with E-state index >= 15 is 0 Å².